The maximum absolute atomic E-state index is 10.1. The molecule has 0 aromatic heterocycles. The second kappa shape index (κ2) is 4.88. The highest BCUT2D eigenvalue weighted by Crippen LogP contribution is 2.37. The lowest BCUT2D eigenvalue weighted by Crippen LogP contribution is -2.44. The molecular formula is C9H15Cl3O. The molecule has 0 aliphatic carbocycles. The molecule has 0 heterocycles. The predicted octanol–water partition coefficient (Wildman–Crippen LogP) is 3.71. The van der Waals surface area contributed by atoms with Gasteiger partial charge in [0.1, 0.15) is 0 Å². The molecule has 0 saturated carbocycles. The molecule has 0 aromatic rings. The smallest absolute Gasteiger partial charge is 0.0879 e. The number of aliphatic hydroxyl groups is 1. The van der Waals surface area contributed by atoms with Crippen molar-refractivity contribution in [1.29, 1.82) is 0 Å². The summed E-state index contributed by atoms with van der Waals surface area (Å²) in [5, 5.41) is 10.6. The van der Waals surface area contributed by atoms with E-state index < -0.39 is 5.60 Å². The molecule has 0 amide bonds. The molecule has 1 nitrogen and oxygen atoms in total. The van der Waals surface area contributed by atoms with Crippen molar-refractivity contribution in [3.8, 4) is 0 Å². The average molecular weight is 246 g/mol. The molecule has 0 aromatic carbocycles. The van der Waals surface area contributed by atoms with E-state index in [2.05, 4.69) is 0 Å². The van der Waals surface area contributed by atoms with Gasteiger partial charge in [0.2, 0.25) is 0 Å². The van der Waals surface area contributed by atoms with E-state index in [0.29, 0.717) is 5.03 Å². The lowest BCUT2D eigenvalue weighted by molar-refractivity contribution is -0.0357. The molecule has 0 aliphatic rings. The molecule has 1 unspecified atom stereocenters. The van der Waals surface area contributed by atoms with Crippen molar-refractivity contribution in [2.24, 2.45) is 5.41 Å². The van der Waals surface area contributed by atoms with E-state index >= 15 is 0 Å². The van der Waals surface area contributed by atoms with E-state index in [-0.39, 0.29) is 17.7 Å². The number of hydrogen-bond donors (Lipinski definition) is 1. The standard InChI is InChI=1S/C9H15Cl3O/c1-8(2,3)9(13,6-11)4-7(12)5-10/h5,13H,4,6H2,1-3H3. The van der Waals surface area contributed by atoms with Crippen molar-refractivity contribution >= 4 is 34.8 Å². The highest BCUT2D eigenvalue weighted by Gasteiger charge is 2.39. The van der Waals surface area contributed by atoms with E-state index in [0.717, 1.165) is 0 Å². The van der Waals surface area contributed by atoms with Gasteiger partial charge in [0.15, 0.2) is 0 Å². The quantitative estimate of drug-likeness (QED) is 0.752. The summed E-state index contributed by atoms with van der Waals surface area (Å²) in [5.41, 5.74) is -0.0867. The van der Waals surface area contributed by atoms with Crippen molar-refractivity contribution in [1.82, 2.24) is 0 Å². The van der Waals surface area contributed by atoms with Gasteiger partial charge in [-0.25, -0.2) is 0 Å². The van der Waals surface area contributed by atoms with Crippen molar-refractivity contribution < 1.29 is 5.11 Å². The van der Waals surface area contributed by atoms with E-state index in [4.69, 9.17) is 34.8 Å². The molecule has 0 saturated heterocycles. The van der Waals surface area contributed by atoms with Crippen LogP contribution < -0.4 is 0 Å². The first kappa shape index (κ1) is 13.6. The van der Waals surface area contributed by atoms with Gasteiger partial charge >= 0.3 is 0 Å². The van der Waals surface area contributed by atoms with Crippen LogP contribution in [0.5, 0.6) is 0 Å². The topological polar surface area (TPSA) is 20.2 Å². The Kier molecular flexibility index (Phi) is 5.09. The van der Waals surface area contributed by atoms with Crippen molar-refractivity contribution in [3.05, 3.63) is 10.6 Å². The third kappa shape index (κ3) is 3.67. The Labute approximate surface area is 94.7 Å². The molecule has 4 heteroatoms. The van der Waals surface area contributed by atoms with Crippen molar-refractivity contribution in [3.63, 3.8) is 0 Å². The van der Waals surface area contributed by atoms with Crippen LogP contribution in [0.2, 0.25) is 0 Å². The van der Waals surface area contributed by atoms with Gasteiger partial charge < -0.3 is 5.11 Å². The minimum atomic E-state index is -1.02. The summed E-state index contributed by atoms with van der Waals surface area (Å²) in [6, 6.07) is 0. The van der Waals surface area contributed by atoms with Gasteiger partial charge in [0, 0.05) is 17.0 Å². The van der Waals surface area contributed by atoms with Crippen LogP contribution in [0.25, 0.3) is 0 Å². The molecule has 1 atom stereocenters. The van der Waals surface area contributed by atoms with Gasteiger partial charge in [0.05, 0.1) is 11.5 Å². The fourth-order valence-corrected chi connectivity index (χ4v) is 1.62. The summed E-state index contributed by atoms with van der Waals surface area (Å²) in [4.78, 5) is 0. The molecule has 1 N–H and O–H groups in total. The van der Waals surface area contributed by atoms with Gasteiger partial charge in [-0.3, -0.25) is 0 Å². The number of alkyl halides is 1. The highest BCUT2D eigenvalue weighted by atomic mass is 35.5. The third-order valence-corrected chi connectivity index (χ3v) is 3.26. The maximum atomic E-state index is 10.1. The van der Waals surface area contributed by atoms with Crippen molar-refractivity contribution in [2.45, 2.75) is 32.8 Å². The predicted molar refractivity (Wildman–Crippen MR) is 59.5 cm³/mol. The SMILES string of the molecule is CC(C)(C)C(O)(CCl)CC(Cl)=CCl. The third-order valence-electron chi connectivity index (χ3n) is 2.20. The lowest BCUT2D eigenvalue weighted by Gasteiger charge is -2.38. The summed E-state index contributed by atoms with van der Waals surface area (Å²) >= 11 is 16.9. The molecule has 78 valence electrons. The summed E-state index contributed by atoms with van der Waals surface area (Å²) in [6.45, 7) is 5.73. The zero-order valence-corrected chi connectivity index (χ0v) is 10.3. The Morgan fingerprint density at radius 2 is 1.85 bits per heavy atom. The molecule has 13 heavy (non-hydrogen) atoms. The van der Waals surface area contributed by atoms with Crippen LogP contribution in [-0.4, -0.2) is 16.6 Å². The molecule has 0 spiro atoms. The van der Waals surface area contributed by atoms with Crippen LogP contribution in [0.1, 0.15) is 27.2 Å². The van der Waals surface area contributed by atoms with Crippen LogP contribution in [0.4, 0.5) is 0 Å². The first-order chi connectivity index (χ1) is 5.77. The first-order valence-corrected chi connectivity index (χ1v) is 5.35. The molecule has 0 rings (SSSR count). The van der Waals surface area contributed by atoms with Crippen LogP contribution in [0, 0.1) is 5.41 Å². The highest BCUT2D eigenvalue weighted by molar-refractivity contribution is 6.36. The van der Waals surface area contributed by atoms with E-state index in [1.54, 1.807) is 0 Å². The first-order valence-electron chi connectivity index (χ1n) is 4.00. The second-order valence-corrected chi connectivity index (χ2v) is 5.12. The van der Waals surface area contributed by atoms with Gasteiger partial charge in [-0.1, -0.05) is 44.0 Å². The molecule has 0 aliphatic heterocycles. The van der Waals surface area contributed by atoms with Crippen LogP contribution in [0.3, 0.4) is 0 Å². The normalized spacial score (nSPS) is 18.5. The monoisotopic (exact) mass is 244 g/mol. The van der Waals surface area contributed by atoms with Crippen LogP contribution in [0.15, 0.2) is 10.6 Å². The van der Waals surface area contributed by atoms with E-state index in [9.17, 15) is 5.11 Å². The van der Waals surface area contributed by atoms with Crippen LogP contribution in [-0.2, 0) is 0 Å². The largest absolute Gasteiger partial charge is 0.388 e. The Hall–Kier alpha value is 0.570. The minimum Gasteiger partial charge on any atom is -0.388 e. The fourth-order valence-electron chi connectivity index (χ4n) is 0.831. The summed E-state index contributed by atoms with van der Waals surface area (Å²) in [5.74, 6) is 0.136. The summed E-state index contributed by atoms with van der Waals surface area (Å²) in [7, 11) is 0. The fraction of sp³-hybridized carbons (Fsp3) is 0.778. The van der Waals surface area contributed by atoms with Crippen molar-refractivity contribution in [2.75, 3.05) is 5.88 Å². The van der Waals surface area contributed by atoms with Crippen LogP contribution >= 0.6 is 34.8 Å². The van der Waals surface area contributed by atoms with Gasteiger partial charge in [-0.2, -0.15) is 0 Å². The summed E-state index contributed by atoms with van der Waals surface area (Å²) < 4.78 is 0. The second-order valence-electron chi connectivity index (χ2n) is 4.15. The molecular weight excluding hydrogens is 230 g/mol. The molecule has 0 radical (unpaired) electrons. The van der Waals surface area contributed by atoms with E-state index in [1.165, 1.54) is 5.54 Å². The Morgan fingerprint density at radius 3 is 2.08 bits per heavy atom. The zero-order chi connectivity index (χ0) is 10.7. The maximum Gasteiger partial charge on any atom is 0.0879 e. The van der Waals surface area contributed by atoms with E-state index in [1.807, 2.05) is 20.8 Å². The van der Waals surface area contributed by atoms with Gasteiger partial charge in [-0.05, 0) is 5.41 Å². The Bertz CT molecular complexity index is 196. The minimum absolute atomic E-state index is 0.136. The average Bonchev–Trinajstić information content (AvgIpc) is 2.02. The Balaban J connectivity index is 4.66. The Morgan fingerprint density at radius 1 is 1.38 bits per heavy atom. The lowest BCUT2D eigenvalue weighted by atomic mass is 9.75. The van der Waals surface area contributed by atoms with Gasteiger partial charge in [0.25, 0.3) is 0 Å². The zero-order valence-electron chi connectivity index (χ0n) is 8.07. The number of halogens is 3. The molecule has 0 fully saturated rings. The number of hydrogen-bond acceptors (Lipinski definition) is 1. The molecule has 0 bridgehead atoms. The van der Waals surface area contributed by atoms with Gasteiger partial charge in [-0.15, -0.1) is 11.6 Å². The summed E-state index contributed by atoms with van der Waals surface area (Å²) in [6.07, 6.45) is 0.283. The number of rotatable bonds is 3.